The van der Waals surface area contributed by atoms with E-state index in [1.165, 1.54) is 0 Å². The van der Waals surface area contributed by atoms with Gasteiger partial charge in [0.15, 0.2) is 5.82 Å². The highest BCUT2D eigenvalue weighted by atomic mass is 35.5. The molecule has 1 N–H and O–H groups in total. The summed E-state index contributed by atoms with van der Waals surface area (Å²) in [5.41, 5.74) is -1.01. The number of esters is 1. The number of cyclic esters (lactones) is 1. The Morgan fingerprint density at radius 3 is 2.73 bits per heavy atom. The first-order valence-corrected chi connectivity index (χ1v) is 6.77. The summed E-state index contributed by atoms with van der Waals surface area (Å²) in [4.78, 5) is 26.7. The second-order valence-electron chi connectivity index (χ2n) is 4.98. The number of anilines is 1. The predicted molar refractivity (Wildman–Crippen MR) is 71.2 cm³/mol. The number of carbonyl (C=O) groups excluding carboxylic acids is 2. The maximum absolute atomic E-state index is 12.5. The summed E-state index contributed by atoms with van der Waals surface area (Å²) in [6, 6.07) is 0.677. The monoisotopic (exact) mass is 336 g/mol. The lowest BCUT2D eigenvalue weighted by Crippen LogP contribution is -2.20. The van der Waals surface area contributed by atoms with Crippen molar-refractivity contribution >= 4 is 29.3 Å². The minimum Gasteiger partial charge on any atom is -0.462 e. The molecular formula is C13H12ClF3N2O3. The number of nitrogens with zero attached hydrogens (tertiary/aromatic N) is 1. The molecule has 0 aliphatic carbocycles. The maximum atomic E-state index is 12.5. The van der Waals surface area contributed by atoms with Crippen LogP contribution in [0.25, 0.3) is 0 Å². The van der Waals surface area contributed by atoms with E-state index in [-0.39, 0.29) is 23.4 Å². The van der Waals surface area contributed by atoms with Crippen molar-refractivity contribution in [1.29, 1.82) is 0 Å². The first-order chi connectivity index (χ1) is 10.2. The molecule has 1 aromatic heterocycles. The summed E-state index contributed by atoms with van der Waals surface area (Å²) in [7, 11) is 0. The molecule has 0 unspecified atom stereocenters. The van der Waals surface area contributed by atoms with Crippen LogP contribution in [0.5, 0.6) is 0 Å². The molecule has 1 aliphatic heterocycles. The van der Waals surface area contributed by atoms with Gasteiger partial charge in [0.25, 0.3) is 0 Å². The van der Waals surface area contributed by atoms with Crippen LogP contribution in [0.1, 0.15) is 25.3 Å². The lowest BCUT2D eigenvalue weighted by Gasteiger charge is -2.11. The molecular weight excluding hydrogens is 325 g/mol. The average Bonchev–Trinajstić information content (AvgIpc) is 2.69. The SMILES string of the molecule is C[C@@H]1C[C@H](CC(=O)Nc2ncc(C(F)(F)F)cc2Cl)C(=O)O1. The van der Waals surface area contributed by atoms with E-state index in [9.17, 15) is 22.8 Å². The molecule has 0 aromatic carbocycles. The molecule has 120 valence electrons. The van der Waals surface area contributed by atoms with Crippen molar-refractivity contribution in [1.82, 2.24) is 4.98 Å². The third-order valence-corrected chi connectivity index (χ3v) is 3.41. The molecule has 1 saturated heterocycles. The summed E-state index contributed by atoms with van der Waals surface area (Å²) in [5, 5.41) is 1.97. The molecule has 9 heteroatoms. The number of hydrogen-bond acceptors (Lipinski definition) is 4. The van der Waals surface area contributed by atoms with Crippen LogP contribution in [0.4, 0.5) is 19.0 Å². The lowest BCUT2D eigenvalue weighted by molar-refractivity contribution is -0.145. The highest BCUT2D eigenvalue weighted by Gasteiger charge is 2.34. The molecule has 0 spiro atoms. The molecule has 0 saturated carbocycles. The number of pyridine rings is 1. The van der Waals surface area contributed by atoms with E-state index >= 15 is 0 Å². The lowest BCUT2D eigenvalue weighted by atomic mass is 10.0. The molecule has 1 amide bonds. The summed E-state index contributed by atoms with van der Waals surface area (Å²) in [6.07, 6.45) is -3.96. The number of halogens is 4. The van der Waals surface area contributed by atoms with Gasteiger partial charge >= 0.3 is 12.1 Å². The molecule has 0 bridgehead atoms. The van der Waals surface area contributed by atoms with E-state index < -0.39 is 29.5 Å². The number of nitrogens with one attached hydrogen (secondary N) is 1. The highest BCUT2D eigenvalue weighted by Crippen LogP contribution is 2.32. The number of hydrogen-bond donors (Lipinski definition) is 1. The van der Waals surface area contributed by atoms with Crippen molar-refractivity contribution < 1.29 is 27.5 Å². The zero-order chi connectivity index (χ0) is 16.5. The van der Waals surface area contributed by atoms with E-state index in [0.29, 0.717) is 18.7 Å². The first-order valence-electron chi connectivity index (χ1n) is 6.40. The van der Waals surface area contributed by atoms with Gasteiger partial charge in [-0.2, -0.15) is 13.2 Å². The number of ether oxygens (including phenoxy) is 1. The summed E-state index contributed by atoms with van der Waals surface area (Å²) >= 11 is 5.68. The Bertz CT molecular complexity index is 607. The molecule has 2 heterocycles. The number of aromatic nitrogens is 1. The minimum atomic E-state index is -4.57. The fraction of sp³-hybridized carbons (Fsp3) is 0.462. The van der Waals surface area contributed by atoms with Crippen molar-refractivity contribution in [2.45, 2.75) is 32.0 Å². The summed E-state index contributed by atoms with van der Waals surface area (Å²) in [5.74, 6) is -1.78. The average molecular weight is 337 g/mol. The van der Waals surface area contributed by atoms with Gasteiger partial charge in [-0.3, -0.25) is 9.59 Å². The van der Waals surface area contributed by atoms with Gasteiger partial charge in [0.1, 0.15) is 0 Å². The number of rotatable bonds is 3. The Morgan fingerprint density at radius 1 is 1.55 bits per heavy atom. The van der Waals surface area contributed by atoms with E-state index in [4.69, 9.17) is 16.3 Å². The molecule has 2 atom stereocenters. The van der Waals surface area contributed by atoms with Crippen LogP contribution in [0.3, 0.4) is 0 Å². The first kappa shape index (κ1) is 16.5. The second-order valence-corrected chi connectivity index (χ2v) is 5.39. The normalized spacial score (nSPS) is 21.6. The van der Waals surface area contributed by atoms with Crippen molar-refractivity contribution in [3.63, 3.8) is 0 Å². The van der Waals surface area contributed by atoms with Gasteiger partial charge in [-0.25, -0.2) is 4.98 Å². The van der Waals surface area contributed by atoms with Gasteiger partial charge in [-0.15, -0.1) is 0 Å². The van der Waals surface area contributed by atoms with Crippen LogP contribution >= 0.6 is 11.6 Å². The standard InChI is InChI=1S/C13H12ClF3N2O3/c1-6-2-7(12(21)22-6)3-10(20)19-11-9(14)4-8(5-18-11)13(15,16)17/h4-7H,2-3H2,1H3,(H,18,19,20)/t6-,7-/m1/s1. The zero-order valence-electron chi connectivity index (χ0n) is 11.4. The Hall–Kier alpha value is -1.83. The van der Waals surface area contributed by atoms with Crippen LogP contribution in [0.15, 0.2) is 12.3 Å². The Morgan fingerprint density at radius 2 is 2.23 bits per heavy atom. The van der Waals surface area contributed by atoms with Gasteiger partial charge in [-0.1, -0.05) is 11.6 Å². The van der Waals surface area contributed by atoms with Gasteiger partial charge in [0.2, 0.25) is 5.91 Å². The van der Waals surface area contributed by atoms with Crippen molar-refractivity contribution in [3.05, 3.63) is 22.8 Å². The van der Waals surface area contributed by atoms with Gasteiger partial charge in [-0.05, 0) is 19.4 Å². The molecule has 2 rings (SSSR count). The summed E-state index contributed by atoms with van der Waals surface area (Å²) < 4.78 is 42.3. The molecule has 1 fully saturated rings. The molecule has 1 aromatic rings. The van der Waals surface area contributed by atoms with Crippen LogP contribution in [-0.2, 0) is 20.5 Å². The fourth-order valence-electron chi connectivity index (χ4n) is 2.10. The van der Waals surface area contributed by atoms with Gasteiger partial charge in [0, 0.05) is 12.6 Å². The largest absolute Gasteiger partial charge is 0.462 e. The Balaban J connectivity index is 2.02. The van der Waals surface area contributed by atoms with Crippen LogP contribution in [0, 0.1) is 5.92 Å². The Labute approximate surface area is 128 Å². The summed E-state index contributed by atoms with van der Waals surface area (Å²) in [6.45, 7) is 1.71. The van der Waals surface area contributed by atoms with E-state index in [1.54, 1.807) is 6.92 Å². The highest BCUT2D eigenvalue weighted by molar-refractivity contribution is 6.33. The van der Waals surface area contributed by atoms with Crippen molar-refractivity contribution in [2.24, 2.45) is 5.92 Å². The topological polar surface area (TPSA) is 68.3 Å². The van der Waals surface area contributed by atoms with Crippen LogP contribution in [-0.4, -0.2) is 23.0 Å². The smallest absolute Gasteiger partial charge is 0.417 e. The zero-order valence-corrected chi connectivity index (χ0v) is 12.2. The molecule has 0 radical (unpaired) electrons. The minimum absolute atomic E-state index is 0.137. The van der Waals surface area contributed by atoms with E-state index in [1.807, 2.05) is 0 Å². The van der Waals surface area contributed by atoms with Gasteiger partial charge in [0.05, 0.1) is 22.6 Å². The maximum Gasteiger partial charge on any atom is 0.417 e. The number of amides is 1. The van der Waals surface area contributed by atoms with Crippen molar-refractivity contribution in [3.8, 4) is 0 Å². The number of carbonyl (C=O) groups is 2. The molecule has 22 heavy (non-hydrogen) atoms. The second kappa shape index (κ2) is 6.12. The van der Waals surface area contributed by atoms with Crippen LogP contribution in [0.2, 0.25) is 5.02 Å². The Kier molecular flexibility index (Phi) is 4.60. The molecule has 5 nitrogen and oxygen atoms in total. The van der Waals surface area contributed by atoms with E-state index in [2.05, 4.69) is 10.3 Å². The number of alkyl halides is 3. The fourth-order valence-corrected chi connectivity index (χ4v) is 2.31. The third-order valence-electron chi connectivity index (χ3n) is 3.13. The predicted octanol–water partition coefficient (Wildman–Crippen LogP) is 3.03. The van der Waals surface area contributed by atoms with Crippen molar-refractivity contribution in [2.75, 3.05) is 5.32 Å². The third kappa shape index (κ3) is 3.88. The van der Waals surface area contributed by atoms with E-state index in [0.717, 1.165) is 0 Å². The molecule has 1 aliphatic rings. The van der Waals surface area contributed by atoms with Crippen LogP contribution < -0.4 is 5.32 Å². The quantitative estimate of drug-likeness (QED) is 0.861. The van der Waals surface area contributed by atoms with Gasteiger partial charge < -0.3 is 10.1 Å².